The van der Waals surface area contributed by atoms with E-state index in [0.29, 0.717) is 37.5 Å². The largest absolute Gasteiger partial charge is 0.508 e. The summed E-state index contributed by atoms with van der Waals surface area (Å²) in [6, 6.07) is 13.4. The zero-order valence-electron chi connectivity index (χ0n) is 19.2. The summed E-state index contributed by atoms with van der Waals surface area (Å²) in [6.45, 7) is 2.38. The molecule has 0 aliphatic rings. The molecule has 0 radical (unpaired) electrons. The molecule has 1 aromatic heterocycles. The molecule has 0 saturated carbocycles. The molecule has 3 aromatic rings. The maximum Gasteiger partial charge on any atom is 0.249 e. The Kier molecular flexibility index (Phi) is 9.16. The minimum Gasteiger partial charge on any atom is -0.508 e. The van der Waals surface area contributed by atoms with Gasteiger partial charge in [-0.25, -0.2) is 0 Å². The van der Waals surface area contributed by atoms with Gasteiger partial charge in [0.2, 0.25) is 18.2 Å². The van der Waals surface area contributed by atoms with E-state index < -0.39 is 12.1 Å². The van der Waals surface area contributed by atoms with Gasteiger partial charge in [0, 0.05) is 12.8 Å². The highest BCUT2D eigenvalue weighted by atomic mass is 16.5. The number of amides is 2. The van der Waals surface area contributed by atoms with E-state index in [1.807, 2.05) is 37.3 Å². The van der Waals surface area contributed by atoms with E-state index in [1.54, 1.807) is 18.2 Å². The van der Waals surface area contributed by atoms with Crippen LogP contribution in [0.2, 0.25) is 0 Å². The first-order chi connectivity index (χ1) is 16.5. The van der Waals surface area contributed by atoms with Gasteiger partial charge in [0.15, 0.2) is 5.82 Å². The number of aromatic hydroxyl groups is 1. The van der Waals surface area contributed by atoms with E-state index in [9.17, 15) is 14.7 Å². The van der Waals surface area contributed by atoms with Gasteiger partial charge >= 0.3 is 0 Å². The fraction of sp³-hybridized carbons (Fsp3) is 0.360. The van der Waals surface area contributed by atoms with Crippen LogP contribution in [-0.2, 0) is 22.4 Å². The van der Waals surface area contributed by atoms with Crippen molar-refractivity contribution in [1.82, 2.24) is 20.8 Å². The van der Waals surface area contributed by atoms with Crippen LogP contribution >= 0.6 is 0 Å². The number of hydrogen-bond donors (Lipinski definition) is 4. The molecule has 2 atom stereocenters. The van der Waals surface area contributed by atoms with Crippen LogP contribution in [0.5, 0.6) is 5.75 Å². The van der Waals surface area contributed by atoms with Crippen LogP contribution < -0.4 is 16.4 Å². The number of nitrogens with two attached hydrogens (primary N) is 1. The highest BCUT2D eigenvalue weighted by Crippen LogP contribution is 2.21. The lowest BCUT2D eigenvalue weighted by Crippen LogP contribution is -2.46. The minimum absolute atomic E-state index is 0.147. The maximum absolute atomic E-state index is 13.1. The molecule has 9 nitrogen and oxygen atoms in total. The number of phenolic OH excluding ortho intramolecular Hbond substituents is 1. The van der Waals surface area contributed by atoms with Gasteiger partial charge in [-0.05, 0) is 61.6 Å². The topological polar surface area (TPSA) is 143 Å². The fourth-order valence-corrected chi connectivity index (χ4v) is 3.72. The van der Waals surface area contributed by atoms with Gasteiger partial charge in [-0.2, -0.15) is 4.98 Å². The van der Waals surface area contributed by atoms with E-state index in [4.69, 9.17) is 10.3 Å². The van der Waals surface area contributed by atoms with Crippen molar-refractivity contribution < 1.29 is 19.2 Å². The van der Waals surface area contributed by atoms with Crippen molar-refractivity contribution in [3.8, 4) is 5.75 Å². The Hall–Kier alpha value is -3.72. The third kappa shape index (κ3) is 7.14. The second-order valence-electron chi connectivity index (χ2n) is 8.21. The van der Waals surface area contributed by atoms with E-state index in [2.05, 4.69) is 20.8 Å². The van der Waals surface area contributed by atoms with Crippen LogP contribution in [0, 0.1) is 6.92 Å². The van der Waals surface area contributed by atoms with Gasteiger partial charge in [0.1, 0.15) is 17.8 Å². The molecule has 1 heterocycles. The molecule has 2 unspecified atom stereocenters. The predicted molar refractivity (Wildman–Crippen MR) is 127 cm³/mol. The lowest BCUT2D eigenvalue weighted by Gasteiger charge is -2.21. The van der Waals surface area contributed by atoms with Crippen LogP contribution in [0.1, 0.15) is 53.7 Å². The second kappa shape index (κ2) is 12.5. The molecule has 0 aliphatic heterocycles. The van der Waals surface area contributed by atoms with Crippen LogP contribution in [0.4, 0.5) is 0 Å². The van der Waals surface area contributed by atoms with Crippen LogP contribution in [0.3, 0.4) is 0 Å². The van der Waals surface area contributed by atoms with Crippen LogP contribution in [0.15, 0.2) is 53.1 Å². The minimum atomic E-state index is -0.801. The van der Waals surface area contributed by atoms with Crippen LogP contribution in [-0.4, -0.2) is 40.2 Å². The zero-order valence-corrected chi connectivity index (χ0v) is 19.2. The van der Waals surface area contributed by atoms with Crippen molar-refractivity contribution in [3.05, 3.63) is 76.9 Å². The average Bonchev–Trinajstić information content (AvgIpc) is 3.28. The van der Waals surface area contributed by atoms with Gasteiger partial charge in [-0.15, -0.1) is 0 Å². The Morgan fingerprint density at radius 2 is 2.00 bits per heavy atom. The molecule has 2 amide bonds. The third-order valence-electron chi connectivity index (χ3n) is 5.59. The number of hydrogen-bond acceptors (Lipinski definition) is 7. The molecule has 9 heteroatoms. The molecular formula is C25H31N5O4. The zero-order chi connectivity index (χ0) is 24.3. The molecule has 3 rings (SSSR count). The number of phenols is 1. The smallest absolute Gasteiger partial charge is 0.249 e. The molecule has 2 aromatic carbocycles. The lowest BCUT2D eigenvalue weighted by atomic mass is 9.99. The van der Waals surface area contributed by atoms with Crippen molar-refractivity contribution in [2.24, 2.45) is 5.73 Å². The summed E-state index contributed by atoms with van der Waals surface area (Å²) in [5.74, 6) is 0.636. The number of carbonyl (C=O) groups excluding carboxylic acids is 2. The normalized spacial score (nSPS) is 12.6. The number of aryl methyl sites for hydroxylation is 1. The summed E-state index contributed by atoms with van der Waals surface area (Å²) < 4.78 is 5.50. The lowest BCUT2D eigenvalue weighted by molar-refractivity contribution is -0.126. The first-order valence-electron chi connectivity index (χ1n) is 11.3. The Labute approximate surface area is 198 Å². The van der Waals surface area contributed by atoms with Crippen molar-refractivity contribution in [2.45, 2.75) is 51.1 Å². The molecule has 0 aliphatic carbocycles. The second-order valence-corrected chi connectivity index (χ2v) is 8.21. The first-order valence-corrected chi connectivity index (χ1v) is 11.3. The Morgan fingerprint density at radius 1 is 1.21 bits per heavy atom. The fourth-order valence-electron chi connectivity index (χ4n) is 3.72. The summed E-state index contributed by atoms with van der Waals surface area (Å²) in [5, 5.41) is 19.3. The Bertz CT molecular complexity index is 1070. The van der Waals surface area contributed by atoms with Gasteiger partial charge < -0.3 is 26.0 Å². The molecule has 5 N–H and O–H groups in total. The highest BCUT2D eigenvalue weighted by molar-refractivity contribution is 5.84. The summed E-state index contributed by atoms with van der Waals surface area (Å²) in [6.07, 6.45) is 3.43. The van der Waals surface area contributed by atoms with Crippen molar-refractivity contribution >= 4 is 12.3 Å². The Balaban J connectivity index is 1.74. The third-order valence-corrected chi connectivity index (χ3v) is 5.59. The quantitative estimate of drug-likeness (QED) is 0.224. The van der Waals surface area contributed by atoms with Gasteiger partial charge in [0.25, 0.3) is 0 Å². The Morgan fingerprint density at radius 3 is 2.71 bits per heavy atom. The predicted octanol–water partition coefficient (Wildman–Crippen LogP) is 2.32. The summed E-state index contributed by atoms with van der Waals surface area (Å²) in [5.41, 5.74) is 8.36. The highest BCUT2D eigenvalue weighted by Gasteiger charge is 2.26. The number of nitrogens with zero attached hydrogens (tertiary/aromatic N) is 2. The first kappa shape index (κ1) is 24.9. The summed E-state index contributed by atoms with van der Waals surface area (Å²) in [7, 11) is 0. The number of unbranched alkanes of at least 4 members (excludes halogenated alkanes) is 1. The number of benzene rings is 2. The molecule has 0 saturated heterocycles. The SMILES string of the molecule is Cc1cc(O)ccc1CC(NC=O)C(=O)NC(CCCCN)c1nc(Cc2ccccc2)no1. The van der Waals surface area contributed by atoms with E-state index in [-0.39, 0.29) is 18.1 Å². The van der Waals surface area contributed by atoms with Gasteiger partial charge in [-0.3, -0.25) is 9.59 Å². The number of nitrogens with one attached hydrogen (secondary N) is 2. The van der Waals surface area contributed by atoms with Crippen molar-refractivity contribution in [3.63, 3.8) is 0 Å². The number of aromatic nitrogens is 2. The monoisotopic (exact) mass is 465 g/mol. The summed E-state index contributed by atoms with van der Waals surface area (Å²) in [4.78, 5) is 28.8. The van der Waals surface area contributed by atoms with E-state index in [0.717, 1.165) is 29.5 Å². The van der Waals surface area contributed by atoms with E-state index in [1.165, 1.54) is 0 Å². The van der Waals surface area contributed by atoms with Crippen LogP contribution in [0.25, 0.3) is 0 Å². The molecular weight excluding hydrogens is 434 g/mol. The number of carbonyl (C=O) groups is 2. The van der Waals surface area contributed by atoms with Crippen molar-refractivity contribution in [1.29, 1.82) is 0 Å². The number of rotatable bonds is 13. The van der Waals surface area contributed by atoms with Gasteiger partial charge in [0.05, 0.1) is 0 Å². The van der Waals surface area contributed by atoms with E-state index >= 15 is 0 Å². The maximum atomic E-state index is 13.1. The molecule has 0 spiro atoms. The van der Waals surface area contributed by atoms with Gasteiger partial charge in [-0.1, -0.05) is 41.6 Å². The average molecular weight is 466 g/mol. The van der Waals surface area contributed by atoms with Crippen molar-refractivity contribution in [2.75, 3.05) is 6.54 Å². The standard InChI is InChI=1S/C25H31N5O4/c1-17-13-20(32)11-10-19(17)15-22(27-16-31)24(33)28-21(9-5-6-12-26)25-29-23(30-34-25)14-18-7-3-2-4-8-18/h2-4,7-8,10-11,13,16,21-22,32H,5-6,9,12,14-15,26H2,1H3,(H,27,31)(H,28,33). The molecule has 0 fully saturated rings. The molecule has 180 valence electrons. The molecule has 0 bridgehead atoms. The molecule has 34 heavy (non-hydrogen) atoms. The summed E-state index contributed by atoms with van der Waals surface area (Å²) >= 11 is 0.